The topological polar surface area (TPSA) is 94.0 Å². The molecule has 0 spiro atoms. The predicted octanol–water partition coefficient (Wildman–Crippen LogP) is 3.67. The Morgan fingerprint density at radius 2 is 1.97 bits per heavy atom. The van der Waals surface area contributed by atoms with Crippen LogP contribution in [0, 0.1) is 11.2 Å². The van der Waals surface area contributed by atoms with Crippen LogP contribution in [0.4, 0.5) is 21.7 Å². The summed E-state index contributed by atoms with van der Waals surface area (Å²) >= 11 is 0. The van der Waals surface area contributed by atoms with Crippen molar-refractivity contribution < 1.29 is 9.18 Å². The van der Waals surface area contributed by atoms with E-state index < -0.39 is 0 Å². The van der Waals surface area contributed by atoms with Gasteiger partial charge >= 0.3 is 0 Å². The molecule has 0 saturated carbocycles. The van der Waals surface area contributed by atoms with Crippen LogP contribution in [0.25, 0.3) is 0 Å². The van der Waals surface area contributed by atoms with Crippen LogP contribution < -0.4 is 10.6 Å². The first kappa shape index (κ1) is 19.9. The summed E-state index contributed by atoms with van der Waals surface area (Å²) in [7, 11) is 3.32. The van der Waals surface area contributed by atoms with E-state index in [1.165, 1.54) is 23.4 Å². The van der Waals surface area contributed by atoms with Crippen molar-refractivity contribution in [2.45, 2.75) is 6.54 Å². The molecule has 0 aliphatic carbocycles. The molecule has 1 amide bonds. The zero-order chi connectivity index (χ0) is 20.8. The zero-order valence-corrected chi connectivity index (χ0v) is 16.1. The third-order valence-corrected chi connectivity index (χ3v) is 4.15. The van der Waals surface area contributed by atoms with E-state index in [9.17, 15) is 9.18 Å². The molecule has 7 nitrogen and oxygen atoms in total. The van der Waals surface area contributed by atoms with Gasteiger partial charge in [-0.3, -0.25) is 4.79 Å². The molecule has 0 unspecified atom stereocenters. The zero-order valence-electron chi connectivity index (χ0n) is 16.1. The van der Waals surface area contributed by atoms with Crippen molar-refractivity contribution in [2.24, 2.45) is 0 Å². The molecule has 29 heavy (non-hydrogen) atoms. The van der Waals surface area contributed by atoms with Gasteiger partial charge in [-0.05, 0) is 18.2 Å². The normalized spacial score (nSPS) is 10.3. The lowest BCUT2D eigenvalue weighted by Crippen LogP contribution is -2.22. The van der Waals surface area contributed by atoms with Crippen molar-refractivity contribution in [3.63, 3.8) is 0 Å². The Balaban J connectivity index is 1.80. The van der Waals surface area contributed by atoms with Crippen molar-refractivity contribution in [1.29, 1.82) is 5.41 Å². The summed E-state index contributed by atoms with van der Waals surface area (Å²) in [4.78, 5) is 22.1. The molecule has 8 heteroatoms. The van der Waals surface area contributed by atoms with Crippen molar-refractivity contribution in [1.82, 2.24) is 14.9 Å². The fourth-order valence-electron chi connectivity index (χ4n) is 2.62. The lowest BCUT2D eigenvalue weighted by atomic mass is 10.2. The maximum atomic E-state index is 13.9. The van der Waals surface area contributed by atoms with Gasteiger partial charge in [0.1, 0.15) is 23.1 Å². The number of anilines is 3. The SMILES string of the molecule is CN(C)C(=O)c1cccc(Nc2cc(NCc3ccccc3F)c(C=N)cn2)n1. The number of hydrogen-bond acceptors (Lipinski definition) is 6. The molecular weight excluding hydrogens is 371 g/mol. The van der Waals surface area contributed by atoms with Gasteiger partial charge in [0.25, 0.3) is 5.91 Å². The van der Waals surface area contributed by atoms with Crippen molar-refractivity contribution in [3.8, 4) is 0 Å². The lowest BCUT2D eigenvalue weighted by molar-refractivity contribution is 0.0822. The van der Waals surface area contributed by atoms with Gasteiger partial charge < -0.3 is 20.9 Å². The van der Waals surface area contributed by atoms with Gasteiger partial charge in [-0.25, -0.2) is 14.4 Å². The summed E-state index contributed by atoms with van der Waals surface area (Å²) in [5.74, 6) is 0.449. The monoisotopic (exact) mass is 392 g/mol. The van der Waals surface area contributed by atoms with Gasteiger partial charge in [-0.15, -0.1) is 0 Å². The molecule has 0 aliphatic heterocycles. The average molecular weight is 392 g/mol. The Labute approximate surface area is 168 Å². The molecule has 2 heterocycles. The Morgan fingerprint density at radius 1 is 1.17 bits per heavy atom. The van der Waals surface area contributed by atoms with Crippen LogP contribution in [0.15, 0.2) is 54.7 Å². The minimum atomic E-state index is -0.296. The van der Waals surface area contributed by atoms with Gasteiger partial charge in [-0.2, -0.15) is 0 Å². The van der Waals surface area contributed by atoms with E-state index >= 15 is 0 Å². The third-order valence-electron chi connectivity index (χ3n) is 4.15. The van der Waals surface area contributed by atoms with E-state index in [1.807, 2.05) is 0 Å². The van der Waals surface area contributed by atoms with Crippen LogP contribution in [-0.2, 0) is 6.54 Å². The van der Waals surface area contributed by atoms with Crippen LogP contribution in [-0.4, -0.2) is 41.1 Å². The van der Waals surface area contributed by atoms with Gasteiger partial charge in [0.15, 0.2) is 0 Å². The number of hydrogen-bond donors (Lipinski definition) is 3. The van der Waals surface area contributed by atoms with E-state index in [0.717, 1.165) is 0 Å². The second kappa shape index (κ2) is 8.92. The molecular formula is C21H21FN6O. The number of rotatable bonds is 7. The quantitative estimate of drug-likeness (QED) is 0.534. The highest BCUT2D eigenvalue weighted by molar-refractivity contribution is 5.92. The predicted molar refractivity (Wildman–Crippen MR) is 111 cm³/mol. The summed E-state index contributed by atoms with van der Waals surface area (Å²) in [6.45, 7) is 0.266. The van der Waals surface area contributed by atoms with Gasteiger partial charge in [0.2, 0.25) is 0 Å². The Morgan fingerprint density at radius 3 is 2.69 bits per heavy atom. The first-order valence-corrected chi connectivity index (χ1v) is 8.91. The molecule has 3 aromatic rings. The maximum absolute atomic E-state index is 13.9. The van der Waals surface area contributed by atoms with Crippen molar-refractivity contribution in [3.05, 3.63) is 77.4 Å². The molecule has 1 aromatic carbocycles. The van der Waals surface area contributed by atoms with Crippen LogP contribution in [0.2, 0.25) is 0 Å². The largest absolute Gasteiger partial charge is 0.380 e. The first-order valence-electron chi connectivity index (χ1n) is 8.91. The van der Waals surface area contributed by atoms with E-state index in [2.05, 4.69) is 20.6 Å². The number of carbonyl (C=O) groups excluding carboxylic acids is 1. The molecule has 3 N–H and O–H groups in total. The van der Waals surface area contributed by atoms with Gasteiger partial charge in [0.05, 0.1) is 0 Å². The van der Waals surface area contributed by atoms with Crippen LogP contribution in [0.3, 0.4) is 0 Å². The highest BCUT2D eigenvalue weighted by atomic mass is 19.1. The van der Waals surface area contributed by atoms with Crippen molar-refractivity contribution in [2.75, 3.05) is 24.7 Å². The number of aromatic nitrogens is 2. The van der Waals surface area contributed by atoms with Gasteiger partial charge in [-0.1, -0.05) is 24.3 Å². The molecule has 0 radical (unpaired) electrons. The van der Waals surface area contributed by atoms with E-state index in [4.69, 9.17) is 5.41 Å². The number of nitrogens with one attached hydrogen (secondary N) is 3. The highest BCUT2D eigenvalue weighted by Gasteiger charge is 2.11. The molecule has 3 rings (SSSR count). The fourth-order valence-corrected chi connectivity index (χ4v) is 2.62. The molecule has 148 valence electrons. The second-order valence-electron chi connectivity index (χ2n) is 6.48. The number of nitrogens with zero attached hydrogens (tertiary/aromatic N) is 3. The number of halogens is 1. The highest BCUT2D eigenvalue weighted by Crippen LogP contribution is 2.21. The minimum absolute atomic E-state index is 0.201. The average Bonchev–Trinajstić information content (AvgIpc) is 2.73. The number of pyridine rings is 2. The van der Waals surface area contributed by atoms with Crippen LogP contribution in [0.1, 0.15) is 21.6 Å². The van der Waals surface area contributed by atoms with Gasteiger partial charge in [0, 0.05) is 55.9 Å². The molecule has 0 aliphatic rings. The Bertz CT molecular complexity index is 1040. The third kappa shape index (κ3) is 4.92. The smallest absolute Gasteiger partial charge is 0.272 e. The molecule has 0 bridgehead atoms. The second-order valence-corrected chi connectivity index (χ2v) is 6.48. The number of benzene rings is 1. The maximum Gasteiger partial charge on any atom is 0.272 e. The van der Waals surface area contributed by atoms with Crippen LogP contribution >= 0.6 is 0 Å². The standard InChI is InChI=1S/C21H21FN6O/c1-28(2)21(29)17-8-5-9-19(26-17)27-20-10-18(15(11-23)13-25-20)24-12-14-6-3-4-7-16(14)22/h3-11,13,23H,12H2,1-2H3,(H2,24,25,26,27). The molecule has 0 atom stereocenters. The summed E-state index contributed by atoms with van der Waals surface area (Å²) in [5, 5.41) is 13.8. The van der Waals surface area contributed by atoms with E-state index in [-0.39, 0.29) is 18.3 Å². The summed E-state index contributed by atoms with van der Waals surface area (Å²) in [6, 6.07) is 13.3. The van der Waals surface area contributed by atoms with Crippen molar-refractivity contribution >= 4 is 29.4 Å². The molecule has 0 saturated heterocycles. The first-order chi connectivity index (χ1) is 14.0. The number of amides is 1. The lowest BCUT2D eigenvalue weighted by Gasteiger charge is -2.13. The molecule has 2 aromatic heterocycles. The number of carbonyl (C=O) groups is 1. The van der Waals surface area contributed by atoms with E-state index in [1.54, 1.807) is 56.6 Å². The minimum Gasteiger partial charge on any atom is -0.380 e. The summed E-state index contributed by atoms with van der Waals surface area (Å²) < 4.78 is 13.9. The van der Waals surface area contributed by atoms with E-state index in [0.29, 0.717) is 34.1 Å². The Hall–Kier alpha value is -3.81. The Kier molecular flexibility index (Phi) is 6.13. The molecule has 0 fully saturated rings. The fraction of sp³-hybridized carbons (Fsp3) is 0.143. The summed E-state index contributed by atoms with van der Waals surface area (Å²) in [6.07, 6.45) is 2.71. The van der Waals surface area contributed by atoms with Crippen LogP contribution in [0.5, 0.6) is 0 Å². The summed E-state index contributed by atoms with van der Waals surface area (Å²) in [5.41, 5.74) is 2.03.